The van der Waals surface area contributed by atoms with Crippen molar-refractivity contribution < 1.29 is 132 Å². The van der Waals surface area contributed by atoms with Crippen molar-refractivity contribution >= 4 is 70.4 Å². The lowest BCUT2D eigenvalue weighted by molar-refractivity contribution is -0.137. The van der Waals surface area contributed by atoms with Gasteiger partial charge in [0.2, 0.25) is 0 Å². The number of nitrogens with zero attached hydrogens (tertiary/aromatic N) is 8. The standard InChI is InChI=1S/3C29H40N2O7.C26H34N2O6/c3*1-3-4-16-36-25-12-8-10-21(2)38-29(35)28-22(18-24(32)19-26(28)33)17-23(11-9-13-25)30-37-20-27(34)31-14-6-5-7-15-31;1-18-8-6-10-19(2)34-26(32)25-20(15-22(29)16-23(25)30)14-21(11-7-9-18)27-33-17-24(31)28-12-4-3-5-13-28/h3*8-9,11-12,18-19,21,25,32-33H,3-7,10,13-17,20H2,1-2H3;6-8,11,15-16,18-19,29-30H,3-5,9-10,12-14,17H2,1-2H3/b11-9+,12-8+,30-23+;2*11-9+,12-8+,30-23-;8-6+,11-7+,27-21-/t3*21-,25-;18-,19-/m1111/s1. The smallest absolute Gasteiger partial charge is 0.342 e. The Labute approximate surface area is 869 Å². The maximum Gasteiger partial charge on any atom is 0.342 e. The van der Waals surface area contributed by atoms with E-state index in [1.807, 2.05) is 66.8 Å². The predicted molar refractivity (Wildman–Crippen MR) is 562 cm³/mol. The van der Waals surface area contributed by atoms with Gasteiger partial charge in [-0.1, -0.05) is 140 Å². The third-order valence-electron chi connectivity index (χ3n) is 25.3. The number of likely N-dealkylation sites (tertiary alicyclic amines) is 4. The molecule has 0 aliphatic carbocycles. The van der Waals surface area contributed by atoms with Crippen molar-refractivity contribution in [3.05, 3.63) is 190 Å². The first-order chi connectivity index (χ1) is 71.4. The van der Waals surface area contributed by atoms with Gasteiger partial charge in [0, 0.05) is 148 Å². The number of esters is 4. The van der Waals surface area contributed by atoms with Gasteiger partial charge in [0.1, 0.15) is 92.7 Å². The van der Waals surface area contributed by atoms with Crippen molar-refractivity contribution in [1.29, 1.82) is 0 Å². The van der Waals surface area contributed by atoms with Crippen molar-refractivity contribution in [2.45, 2.75) is 291 Å². The van der Waals surface area contributed by atoms with Crippen molar-refractivity contribution in [1.82, 2.24) is 19.6 Å². The number of hydrogen-bond acceptors (Lipinski definition) is 31. The van der Waals surface area contributed by atoms with Crippen LogP contribution in [0.25, 0.3) is 0 Å². The molecule has 0 unspecified atom stereocenters. The number of amides is 4. The van der Waals surface area contributed by atoms with Crippen LogP contribution in [0.15, 0.2) is 166 Å². The second-order valence-electron chi connectivity index (χ2n) is 38.2. The molecule has 35 heteroatoms. The summed E-state index contributed by atoms with van der Waals surface area (Å²) < 4.78 is 40.3. The lowest BCUT2D eigenvalue weighted by atomic mass is 9.99. The van der Waals surface area contributed by atoms with Gasteiger partial charge in [-0.15, -0.1) is 0 Å². The van der Waals surface area contributed by atoms with Crippen LogP contribution in [-0.4, -0.2) is 272 Å². The highest BCUT2D eigenvalue weighted by Crippen LogP contribution is 2.36. The Balaban J connectivity index is 0.000000219. The van der Waals surface area contributed by atoms with Crippen molar-refractivity contribution in [2.75, 3.05) is 98.6 Å². The SMILES string of the molecule is CCCCO[C@@H]1/C=C/C[C@@H](C)OC(=O)c2c(O)cc(O)cc2CC(=N/OCC(=O)N2CCCCC2)/C=C/C1.CCCCO[C@@H]1/C=C/C[C@@H](C)OC(=O)c2c(O)cc(O)cc2CC(=N\OCC(=O)N2CCCCC2)/C=C/C1.CCCCO[C@@H]1/C=C/C[C@@H](C)OC(=O)c2c(O)cc(O)cc2CC(=N\OCC(=O)N2CCCCC2)/C=C/C1.C[C@@H]1/C=C/C[C@@H](C)OC(=O)c2c(O)cc(O)cc2CC(=N\OCC(=O)N2CCCCC2)/C=C/C1. The summed E-state index contributed by atoms with van der Waals surface area (Å²) in [7, 11) is 0. The molecule has 4 saturated heterocycles. The zero-order valence-electron chi connectivity index (χ0n) is 87.2. The minimum Gasteiger partial charge on any atom is -0.508 e. The second kappa shape index (κ2) is 64.8. The quantitative estimate of drug-likeness (QED) is 0.0106. The van der Waals surface area contributed by atoms with E-state index in [9.17, 15) is 79.2 Å². The fourth-order valence-electron chi connectivity index (χ4n) is 17.2. The van der Waals surface area contributed by atoms with E-state index in [2.05, 4.69) is 54.4 Å². The van der Waals surface area contributed by atoms with Crippen LogP contribution in [-0.2, 0) is 97.4 Å². The number of allylic oxidation sites excluding steroid dienone is 6. The van der Waals surface area contributed by atoms with Crippen LogP contribution in [0.2, 0.25) is 0 Å². The Morgan fingerprint density at radius 2 is 0.527 bits per heavy atom. The third-order valence-corrected chi connectivity index (χ3v) is 25.3. The summed E-state index contributed by atoms with van der Waals surface area (Å²) in [6, 6.07) is 10.0. The van der Waals surface area contributed by atoms with Gasteiger partial charge in [-0.3, -0.25) is 19.2 Å². The van der Waals surface area contributed by atoms with Crippen molar-refractivity contribution in [3.8, 4) is 46.0 Å². The minimum atomic E-state index is -0.698. The lowest BCUT2D eigenvalue weighted by Crippen LogP contribution is -2.37. The summed E-state index contributed by atoms with van der Waals surface area (Å²) in [6.07, 6.45) is 51.4. The number of cyclic esters (lactones) is 4. The van der Waals surface area contributed by atoms with Gasteiger partial charge in [-0.2, -0.15) is 0 Å². The highest BCUT2D eigenvalue weighted by atomic mass is 16.6. The highest BCUT2D eigenvalue weighted by Gasteiger charge is 2.31. The molecule has 8 N–H and O–H groups in total. The van der Waals surface area contributed by atoms with Crippen LogP contribution >= 0.6 is 0 Å². The van der Waals surface area contributed by atoms with Crippen molar-refractivity contribution in [2.24, 2.45) is 26.5 Å². The number of fused-ring (bicyclic) bond motifs is 4. The van der Waals surface area contributed by atoms with Gasteiger partial charge in [-0.25, -0.2) is 19.2 Å². The number of unbranched alkanes of at least 4 members (excludes halogenated alkanes) is 3. The van der Waals surface area contributed by atoms with Gasteiger partial charge in [0.05, 0.1) is 41.2 Å². The Bertz CT molecular complexity index is 4950. The van der Waals surface area contributed by atoms with E-state index in [1.165, 1.54) is 24.3 Å². The Kier molecular flexibility index (Phi) is 51.7. The summed E-state index contributed by atoms with van der Waals surface area (Å²) in [5, 5.41) is 99.0. The van der Waals surface area contributed by atoms with E-state index < -0.39 is 42.2 Å². The molecule has 8 aliphatic heterocycles. The van der Waals surface area contributed by atoms with E-state index in [1.54, 1.807) is 71.6 Å². The largest absolute Gasteiger partial charge is 0.508 e. The van der Waals surface area contributed by atoms with E-state index in [-0.39, 0.29) is 174 Å². The van der Waals surface area contributed by atoms with Crippen molar-refractivity contribution in [3.63, 3.8) is 0 Å². The van der Waals surface area contributed by atoms with E-state index in [0.29, 0.717) is 110 Å². The Morgan fingerprint density at radius 3 is 0.757 bits per heavy atom. The highest BCUT2D eigenvalue weighted by molar-refractivity contribution is 6.04. The van der Waals surface area contributed by atoms with Crippen LogP contribution in [0.1, 0.15) is 286 Å². The fourth-order valence-corrected chi connectivity index (χ4v) is 17.2. The zero-order chi connectivity index (χ0) is 106. The molecule has 4 aromatic rings. The second-order valence-corrected chi connectivity index (χ2v) is 38.2. The number of benzene rings is 4. The molecule has 4 aromatic carbocycles. The van der Waals surface area contributed by atoms with E-state index >= 15 is 0 Å². The van der Waals surface area contributed by atoms with Gasteiger partial charge in [0.15, 0.2) is 26.4 Å². The summed E-state index contributed by atoms with van der Waals surface area (Å²) in [5.74, 6) is -5.26. The number of rotatable bonds is 24. The lowest BCUT2D eigenvalue weighted by Gasteiger charge is -2.26. The van der Waals surface area contributed by atoms with Crippen LogP contribution < -0.4 is 0 Å². The van der Waals surface area contributed by atoms with Gasteiger partial charge < -0.3 is 113 Å². The van der Waals surface area contributed by atoms with Crippen LogP contribution in [0, 0.1) is 5.92 Å². The molecule has 0 bridgehead atoms. The summed E-state index contributed by atoms with van der Waals surface area (Å²) in [4.78, 5) is 131. The molecule has 12 rings (SSSR count). The molecule has 808 valence electrons. The number of phenols is 8. The molecule has 8 aliphatic rings. The molecular weight excluding hydrogens is 1900 g/mol. The zero-order valence-corrected chi connectivity index (χ0v) is 87.2. The maximum atomic E-state index is 13.0. The number of hydrogen-bond donors (Lipinski definition) is 8. The summed E-state index contributed by atoms with van der Waals surface area (Å²) in [6.45, 7) is 22.5. The predicted octanol–water partition coefficient (Wildman–Crippen LogP) is 18.1. The molecule has 0 aromatic heterocycles. The number of carbonyl (C=O) groups excluding carboxylic acids is 8. The Morgan fingerprint density at radius 1 is 0.304 bits per heavy atom. The van der Waals surface area contributed by atoms with Crippen LogP contribution in [0.5, 0.6) is 46.0 Å². The van der Waals surface area contributed by atoms with E-state index in [0.717, 1.165) is 199 Å². The van der Waals surface area contributed by atoms with Gasteiger partial charge in [0.25, 0.3) is 23.6 Å². The van der Waals surface area contributed by atoms with Gasteiger partial charge in [-0.05, 0) is 226 Å². The minimum absolute atomic E-state index is 0.0236. The molecule has 8 atom stereocenters. The molecule has 0 saturated carbocycles. The molecular formula is C113H154N8O27. The first-order valence-corrected chi connectivity index (χ1v) is 52.5. The molecule has 35 nitrogen and oxygen atoms in total. The molecule has 8 heterocycles. The number of ether oxygens (including phenoxy) is 7. The van der Waals surface area contributed by atoms with Gasteiger partial charge >= 0.3 is 23.9 Å². The summed E-state index contributed by atoms with van der Waals surface area (Å²) in [5.41, 5.74) is 2.89. The van der Waals surface area contributed by atoms with Crippen LogP contribution in [0.4, 0.5) is 0 Å². The molecule has 4 amide bonds. The molecule has 0 spiro atoms. The van der Waals surface area contributed by atoms with Crippen LogP contribution in [0.3, 0.4) is 0 Å². The summed E-state index contributed by atoms with van der Waals surface area (Å²) >= 11 is 0. The average Bonchev–Trinajstić information content (AvgIpc) is 0.822. The fraction of sp³-hybridized carbons (Fsp3) is 0.540. The monoisotopic (exact) mass is 2060 g/mol. The topological polar surface area (TPSA) is 462 Å². The Hall–Kier alpha value is -13.3. The average molecular weight is 2060 g/mol. The third kappa shape index (κ3) is 42.2. The first kappa shape index (κ1) is 118. The number of aromatic hydroxyl groups is 8. The maximum absolute atomic E-state index is 13.0. The molecule has 0 radical (unpaired) electrons. The first-order valence-electron chi connectivity index (χ1n) is 52.5. The number of oxime groups is 4. The number of piperidine rings is 4. The molecule has 4 fully saturated rings. The van der Waals surface area contributed by atoms with E-state index in [4.69, 9.17) is 52.5 Å². The number of phenolic OH excluding ortho intramolecular Hbond substituents is 8. The molecule has 148 heavy (non-hydrogen) atoms. The number of carbonyl (C=O) groups is 8. The normalized spacial score (nSPS) is 24.0.